The van der Waals surface area contributed by atoms with Crippen LogP contribution in [0.5, 0.6) is 0 Å². The molecule has 0 atom stereocenters. The molecule has 1 aromatic rings. The van der Waals surface area contributed by atoms with Gasteiger partial charge >= 0.3 is 0 Å². The molecule has 2 rings (SSSR count). The molecule has 104 valence electrons. The zero-order valence-corrected chi connectivity index (χ0v) is 11.1. The van der Waals surface area contributed by atoms with Crippen LogP contribution < -0.4 is 5.73 Å². The molecule has 5 heteroatoms. The fourth-order valence-electron chi connectivity index (χ4n) is 1.72. The highest BCUT2D eigenvalue weighted by atomic mass is 19.1. The van der Waals surface area contributed by atoms with Crippen LogP contribution in [0.15, 0.2) is 18.2 Å². The van der Waals surface area contributed by atoms with Gasteiger partial charge in [0, 0.05) is 25.8 Å². The number of hydrogen-bond acceptors (Lipinski definition) is 3. The van der Waals surface area contributed by atoms with E-state index in [0.717, 1.165) is 6.61 Å². The summed E-state index contributed by atoms with van der Waals surface area (Å²) in [4.78, 5) is 13.5. The van der Waals surface area contributed by atoms with E-state index >= 15 is 0 Å². The van der Waals surface area contributed by atoms with Gasteiger partial charge in [0.05, 0.1) is 12.3 Å². The molecule has 0 unspecified atom stereocenters. The molecule has 4 nitrogen and oxygen atoms in total. The Bertz CT molecular complexity index is 461. The van der Waals surface area contributed by atoms with Crippen LogP contribution in [0.4, 0.5) is 10.1 Å². The number of benzene rings is 1. The number of hydrogen-bond donors (Lipinski definition) is 1. The highest BCUT2D eigenvalue weighted by molar-refractivity contribution is 5.94. The summed E-state index contributed by atoms with van der Waals surface area (Å²) in [7, 11) is 1.68. The van der Waals surface area contributed by atoms with Crippen LogP contribution in [0.25, 0.3) is 0 Å². The molecule has 2 N–H and O–H groups in total. The number of nitrogens with zero attached hydrogens (tertiary/aromatic N) is 1. The molecule has 1 amide bonds. The molecular weight excluding hydrogens is 247 g/mol. The number of nitrogen functional groups attached to an aromatic ring is 1. The van der Waals surface area contributed by atoms with Gasteiger partial charge in [-0.15, -0.1) is 0 Å². The first-order valence-corrected chi connectivity index (χ1v) is 6.46. The number of nitrogens with two attached hydrogens (primary N) is 1. The minimum Gasteiger partial charge on any atom is -0.396 e. The van der Waals surface area contributed by atoms with Crippen LogP contribution in [-0.4, -0.2) is 37.6 Å². The minimum atomic E-state index is -0.566. The lowest BCUT2D eigenvalue weighted by molar-refractivity contribution is 0.0681. The number of carbonyl (C=O) groups is 1. The Kier molecular flexibility index (Phi) is 4.37. The third-order valence-electron chi connectivity index (χ3n) is 3.22. The third kappa shape index (κ3) is 3.92. The molecule has 1 aliphatic rings. The molecule has 1 aromatic carbocycles. The van der Waals surface area contributed by atoms with Crippen molar-refractivity contribution in [3.63, 3.8) is 0 Å². The summed E-state index contributed by atoms with van der Waals surface area (Å²) in [6, 6.07) is 4.10. The second-order valence-corrected chi connectivity index (χ2v) is 4.98. The number of likely N-dealkylation sites (N-methyl/N-ethyl adjacent to an activating group) is 1. The van der Waals surface area contributed by atoms with Gasteiger partial charge in [0.25, 0.3) is 5.91 Å². The maximum atomic E-state index is 13.3. The van der Waals surface area contributed by atoms with Gasteiger partial charge in [-0.05, 0) is 37.0 Å². The van der Waals surface area contributed by atoms with Crippen molar-refractivity contribution in [3.8, 4) is 0 Å². The second-order valence-electron chi connectivity index (χ2n) is 4.98. The van der Waals surface area contributed by atoms with E-state index in [1.54, 1.807) is 7.05 Å². The first-order valence-electron chi connectivity index (χ1n) is 6.46. The monoisotopic (exact) mass is 266 g/mol. The van der Waals surface area contributed by atoms with Gasteiger partial charge in [0.15, 0.2) is 0 Å². The molecule has 1 saturated carbocycles. The number of rotatable bonds is 6. The highest BCUT2D eigenvalue weighted by Crippen LogP contribution is 2.28. The summed E-state index contributed by atoms with van der Waals surface area (Å²) >= 11 is 0. The van der Waals surface area contributed by atoms with E-state index in [-0.39, 0.29) is 11.6 Å². The van der Waals surface area contributed by atoms with Crippen LogP contribution in [-0.2, 0) is 4.74 Å². The molecule has 0 saturated heterocycles. The fraction of sp³-hybridized carbons (Fsp3) is 0.500. The molecular formula is C14H19FN2O2. The summed E-state index contributed by atoms with van der Waals surface area (Å²) in [6.45, 7) is 1.78. The number of ether oxygens (including phenoxy) is 1. The molecule has 0 radical (unpaired) electrons. The van der Waals surface area contributed by atoms with E-state index in [2.05, 4.69) is 0 Å². The Morgan fingerprint density at radius 1 is 1.53 bits per heavy atom. The molecule has 0 heterocycles. The van der Waals surface area contributed by atoms with Crippen molar-refractivity contribution < 1.29 is 13.9 Å². The summed E-state index contributed by atoms with van der Waals surface area (Å²) in [5.41, 5.74) is 5.73. The molecule has 0 bridgehead atoms. The van der Waals surface area contributed by atoms with Crippen molar-refractivity contribution in [2.24, 2.45) is 5.92 Å². The van der Waals surface area contributed by atoms with Gasteiger partial charge in [-0.1, -0.05) is 0 Å². The first kappa shape index (κ1) is 13.8. The summed E-state index contributed by atoms with van der Waals surface area (Å²) in [5, 5.41) is 0. The number of carbonyl (C=O) groups excluding carboxylic acids is 1. The molecule has 19 heavy (non-hydrogen) atoms. The molecule has 0 spiro atoms. The number of amides is 1. The van der Waals surface area contributed by atoms with Gasteiger partial charge < -0.3 is 15.4 Å². The van der Waals surface area contributed by atoms with Gasteiger partial charge in [-0.25, -0.2) is 4.39 Å². The van der Waals surface area contributed by atoms with Gasteiger partial charge in [0.2, 0.25) is 0 Å². The Morgan fingerprint density at radius 2 is 2.26 bits per heavy atom. The lowest BCUT2D eigenvalue weighted by atomic mass is 10.2. The fourth-order valence-corrected chi connectivity index (χ4v) is 1.72. The second kappa shape index (κ2) is 6.02. The van der Waals surface area contributed by atoms with Crippen molar-refractivity contribution in [1.82, 2.24) is 4.90 Å². The largest absolute Gasteiger partial charge is 0.396 e. The van der Waals surface area contributed by atoms with Crippen LogP contribution >= 0.6 is 0 Å². The smallest absolute Gasteiger partial charge is 0.253 e. The van der Waals surface area contributed by atoms with Crippen LogP contribution in [0, 0.1) is 11.7 Å². The first-order chi connectivity index (χ1) is 9.08. The normalized spacial score (nSPS) is 14.4. The summed E-state index contributed by atoms with van der Waals surface area (Å²) in [6.07, 6.45) is 2.50. The average Bonchev–Trinajstić information content (AvgIpc) is 3.21. The van der Waals surface area contributed by atoms with Gasteiger partial charge in [-0.3, -0.25) is 4.79 Å². The van der Waals surface area contributed by atoms with E-state index in [1.165, 1.54) is 35.9 Å². The minimum absolute atomic E-state index is 0.0481. The molecule has 0 aliphatic heterocycles. The quantitative estimate of drug-likeness (QED) is 0.632. The van der Waals surface area contributed by atoms with E-state index in [1.807, 2.05) is 0 Å². The van der Waals surface area contributed by atoms with Crippen molar-refractivity contribution in [2.45, 2.75) is 12.8 Å². The Hall–Kier alpha value is -1.62. The summed E-state index contributed by atoms with van der Waals surface area (Å²) in [5.74, 6) is -0.0784. The Labute approximate surface area is 112 Å². The Balaban J connectivity index is 1.81. The summed E-state index contributed by atoms with van der Waals surface area (Å²) < 4.78 is 18.8. The maximum absolute atomic E-state index is 13.3. The lowest BCUT2D eigenvalue weighted by Gasteiger charge is -2.17. The number of anilines is 1. The zero-order chi connectivity index (χ0) is 13.8. The van der Waals surface area contributed by atoms with Crippen LogP contribution in [0.2, 0.25) is 0 Å². The van der Waals surface area contributed by atoms with Crippen LogP contribution in [0.3, 0.4) is 0 Å². The number of halogens is 1. The van der Waals surface area contributed by atoms with E-state index < -0.39 is 5.82 Å². The highest BCUT2D eigenvalue weighted by Gasteiger charge is 2.21. The predicted octanol–water partition coefficient (Wildman–Crippen LogP) is 1.91. The lowest BCUT2D eigenvalue weighted by Crippen LogP contribution is -2.30. The van der Waals surface area contributed by atoms with Gasteiger partial charge in [0.1, 0.15) is 5.82 Å². The van der Waals surface area contributed by atoms with Crippen LogP contribution in [0.1, 0.15) is 23.2 Å². The molecule has 1 aliphatic carbocycles. The van der Waals surface area contributed by atoms with E-state index in [0.29, 0.717) is 24.6 Å². The third-order valence-corrected chi connectivity index (χ3v) is 3.22. The van der Waals surface area contributed by atoms with Crippen molar-refractivity contribution in [3.05, 3.63) is 29.6 Å². The standard InChI is InChI=1S/C14H19FN2O2/c1-17(6-7-19-9-10-2-3-10)14(18)11-4-5-13(16)12(15)8-11/h4-5,8,10H,2-3,6-7,9,16H2,1H3. The maximum Gasteiger partial charge on any atom is 0.253 e. The van der Waals surface area contributed by atoms with Crippen molar-refractivity contribution in [2.75, 3.05) is 32.5 Å². The Morgan fingerprint density at radius 3 is 2.89 bits per heavy atom. The zero-order valence-electron chi connectivity index (χ0n) is 11.1. The molecule has 1 fully saturated rings. The van der Waals surface area contributed by atoms with Crippen molar-refractivity contribution in [1.29, 1.82) is 0 Å². The van der Waals surface area contributed by atoms with E-state index in [4.69, 9.17) is 10.5 Å². The average molecular weight is 266 g/mol. The van der Waals surface area contributed by atoms with E-state index in [9.17, 15) is 9.18 Å². The predicted molar refractivity (Wildman–Crippen MR) is 71.3 cm³/mol. The topological polar surface area (TPSA) is 55.6 Å². The van der Waals surface area contributed by atoms with Crippen molar-refractivity contribution >= 4 is 11.6 Å². The molecule has 0 aromatic heterocycles. The SMILES string of the molecule is CN(CCOCC1CC1)C(=O)c1ccc(N)c(F)c1. The van der Waals surface area contributed by atoms with Gasteiger partial charge in [-0.2, -0.15) is 0 Å².